The number of likely N-dealkylation sites (N-methyl/N-ethyl adjacent to an activating group) is 1. The molecule has 0 saturated heterocycles. The largest absolute Gasteiger partial charge is 0.382 e. The van der Waals surface area contributed by atoms with Gasteiger partial charge in [-0.3, -0.25) is 9.78 Å². The summed E-state index contributed by atoms with van der Waals surface area (Å²) in [6.07, 6.45) is 3.35. The first-order valence-corrected chi connectivity index (χ1v) is 7.69. The predicted molar refractivity (Wildman–Crippen MR) is 93.5 cm³/mol. The van der Waals surface area contributed by atoms with Gasteiger partial charge in [0.1, 0.15) is 0 Å². The van der Waals surface area contributed by atoms with E-state index in [1.165, 1.54) is 0 Å². The van der Waals surface area contributed by atoms with E-state index < -0.39 is 0 Å². The highest BCUT2D eigenvalue weighted by molar-refractivity contribution is 5.94. The van der Waals surface area contributed by atoms with Crippen LogP contribution in [0.25, 0.3) is 0 Å². The zero-order valence-corrected chi connectivity index (χ0v) is 14.0. The molecule has 0 spiro atoms. The lowest BCUT2D eigenvalue weighted by molar-refractivity contribution is 0.0784. The van der Waals surface area contributed by atoms with E-state index in [-0.39, 0.29) is 5.91 Å². The molecule has 0 atom stereocenters. The second-order valence-corrected chi connectivity index (χ2v) is 5.84. The Kier molecular flexibility index (Phi) is 6.11. The van der Waals surface area contributed by atoms with E-state index in [1.54, 1.807) is 17.3 Å². The molecule has 2 rings (SSSR count). The number of carbonyl (C=O) groups excluding carboxylic acids is 1. The molecule has 1 heterocycles. The van der Waals surface area contributed by atoms with Crippen molar-refractivity contribution in [2.75, 3.05) is 39.5 Å². The molecule has 0 unspecified atom stereocenters. The highest BCUT2D eigenvalue weighted by atomic mass is 16.2. The van der Waals surface area contributed by atoms with Crippen molar-refractivity contribution >= 4 is 11.6 Å². The van der Waals surface area contributed by atoms with Crippen LogP contribution in [0.2, 0.25) is 0 Å². The first-order chi connectivity index (χ1) is 11.1. The minimum absolute atomic E-state index is 0.0300. The molecule has 1 aromatic heterocycles. The lowest BCUT2D eigenvalue weighted by Gasteiger charge is -2.18. The number of hydrogen-bond donors (Lipinski definition) is 1. The minimum Gasteiger partial charge on any atom is -0.382 e. The maximum atomic E-state index is 12.5. The van der Waals surface area contributed by atoms with Crippen LogP contribution in [0.5, 0.6) is 0 Å². The Morgan fingerprint density at radius 1 is 1.13 bits per heavy atom. The summed E-state index contributed by atoms with van der Waals surface area (Å²) in [5.74, 6) is -0.0300. The molecule has 0 fully saturated rings. The Morgan fingerprint density at radius 3 is 2.57 bits per heavy atom. The number of rotatable bonds is 7. The average molecular weight is 312 g/mol. The number of hydrogen-bond acceptors (Lipinski definition) is 4. The third kappa shape index (κ3) is 5.38. The molecule has 1 amide bonds. The molecule has 23 heavy (non-hydrogen) atoms. The van der Waals surface area contributed by atoms with Crippen LogP contribution >= 0.6 is 0 Å². The van der Waals surface area contributed by atoms with Crippen LogP contribution in [-0.4, -0.2) is 54.9 Å². The second kappa shape index (κ2) is 8.29. The standard InChI is InChI=1S/C18H24N4O/c1-21(2)10-9-20-17-11-16(12-19-13-17)18(23)22(3)14-15-7-5-4-6-8-15/h4-8,11-13,20H,9-10,14H2,1-3H3. The third-order valence-corrected chi connectivity index (χ3v) is 3.48. The fourth-order valence-electron chi connectivity index (χ4n) is 2.23. The van der Waals surface area contributed by atoms with Gasteiger partial charge in [0.2, 0.25) is 0 Å². The van der Waals surface area contributed by atoms with Gasteiger partial charge in [0.15, 0.2) is 0 Å². The van der Waals surface area contributed by atoms with Gasteiger partial charge in [-0.2, -0.15) is 0 Å². The van der Waals surface area contributed by atoms with Crippen LogP contribution in [-0.2, 0) is 6.54 Å². The van der Waals surface area contributed by atoms with Gasteiger partial charge in [-0.25, -0.2) is 0 Å². The quantitative estimate of drug-likeness (QED) is 0.852. The van der Waals surface area contributed by atoms with Crippen LogP contribution in [0.3, 0.4) is 0 Å². The van der Waals surface area contributed by atoms with E-state index in [4.69, 9.17) is 0 Å². The molecule has 5 heteroatoms. The minimum atomic E-state index is -0.0300. The molecular formula is C18H24N4O. The van der Waals surface area contributed by atoms with Crippen LogP contribution in [0.4, 0.5) is 5.69 Å². The van der Waals surface area contributed by atoms with Gasteiger partial charge in [-0.15, -0.1) is 0 Å². The van der Waals surface area contributed by atoms with Crippen LogP contribution in [0, 0.1) is 0 Å². The molecule has 1 aromatic carbocycles. The lowest BCUT2D eigenvalue weighted by Crippen LogP contribution is -2.26. The lowest BCUT2D eigenvalue weighted by atomic mass is 10.2. The zero-order chi connectivity index (χ0) is 16.7. The molecule has 0 aliphatic carbocycles. The molecule has 0 aliphatic rings. The summed E-state index contributed by atoms with van der Waals surface area (Å²) in [6.45, 7) is 2.32. The molecule has 0 bridgehead atoms. The maximum Gasteiger partial charge on any atom is 0.255 e. The number of amides is 1. The van der Waals surface area contributed by atoms with Gasteiger partial charge in [-0.1, -0.05) is 30.3 Å². The van der Waals surface area contributed by atoms with E-state index >= 15 is 0 Å². The number of benzene rings is 1. The van der Waals surface area contributed by atoms with Gasteiger partial charge in [0, 0.05) is 39.1 Å². The highest BCUT2D eigenvalue weighted by Crippen LogP contribution is 2.12. The van der Waals surface area contributed by atoms with Gasteiger partial charge in [0.05, 0.1) is 11.3 Å². The summed E-state index contributed by atoms with van der Waals surface area (Å²) >= 11 is 0. The number of carbonyl (C=O) groups is 1. The number of nitrogens with one attached hydrogen (secondary N) is 1. The zero-order valence-electron chi connectivity index (χ0n) is 14.0. The van der Waals surface area contributed by atoms with Crippen molar-refractivity contribution < 1.29 is 4.79 Å². The summed E-state index contributed by atoms with van der Waals surface area (Å²) < 4.78 is 0. The van der Waals surface area contributed by atoms with Crippen LogP contribution < -0.4 is 5.32 Å². The Bertz CT molecular complexity index is 628. The third-order valence-electron chi connectivity index (χ3n) is 3.48. The molecular weight excluding hydrogens is 288 g/mol. The SMILES string of the molecule is CN(C)CCNc1cncc(C(=O)N(C)Cc2ccccc2)c1. The van der Waals surface area contributed by atoms with Crippen molar-refractivity contribution in [1.29, 1.82) is 0 Å². The first-order valence-electron chi connectivity index (χ1n) is 7.69. The molecule has 5 nitrogen and oxygen atoms in total. The summed E-state index contributed by atoms with van der Waals surface area (Å²) in [6, 6.07) is 11.8. The Labute approximate surface area is 137 Å². The van der Waals surface area contributed by atoms with Crippen molar-refractivity contribution in [3.05, 3.63) is 59.9 Å². The first kappa shape index (κ1) is 17.0. The number of pyridine rings is 1. The Balaban J connectivity index is 1.98. The molecule has 0 aliphatic heterocycles. The number of aromatic nitrogens is 1. The van der Waals surface area contributed by atoms with Crippen molar-refractivity contribution in [3.63, 3.8) is 0 Å². The summed E-state index contributed by atoms with van der Waals surface area (Å²) in [7, 11) is 5.86. The predicted octanol–water partition coefficient (Wildman–Crippen LogP) is 2.33. The molecule has 0 saturated carbocycles. The van der Waals surface area contributed by atoms with E-state index in [0.717, 1.165) is 24.3 Å². The fraction of sp³-hybridized carbons (Fsp3) is 0.333. The van der Waals surface area contributed by atoms with Crippen molar-refractivity contribution in [3.8, 4) is 0 Å². The topological polar surface area (TPSA) is 48.5 Å². The van der Waals surface area contributed by atoms with Gasteiger partial charge < -0.3 is 15.1 Å². The monoisotopic (exact) mass is 312 g/mol. The smallest absolute Gasteiger partial charge is 0.255 e. The van der Waals surface area contributed by atoms with Gasteiger partial charge in [-0.05, 0) is 25.7 Å². The molecule has 2 aromatic rings. The highest BCUT2D eigenvalue weighted by Gasteiger charge is 2.13. The number of nitrogens with zero attached hydrogens (tertiary/aromatic N) is 3. The molecule has 0 radical (unpaired) electrons. The van der Waals surface area contributed by atoms with Crippen molar-refractivity contribution in [2.45, 2.75) is 6.54 Å². The van der Waals surface area contributed by atoms with E-state index in [9.17, 15) is 4.79 Å². The summed E-state index contributed by atoms with van der Waals surface area (Å²) in [5.41, 5.74) is 2.57. The van der Waals surface area contributed by atoms with Crippen LogP contribution in [0.15, 0.2) is 48.8 Å². The normalized spacial score (nSPS) is 10.6. The molecule has 122 valence electrons. The molecule has 1 N–H and O–H groups in total. The van der Waals surface area contributed by atoms with Crippen molar-refractivity contribution in [2.24, 2.45) is 0 Å². The average Bonchev–Trinajstić information content (AvgIpc) is 2.55. The summed E-state index contributed by atoms with van der Waals surface area (Å²) in [5, 5.41) is 3.28. The van der Waals surface area contributed by atoms with E-state index in [1.807, 2.05) is 57.5 Å². The summed E-state index contributed by atoms with van der Waals surface area (Å²) in [4.78, 5) is 20.5. The fourth-order valence-corrected chi connectivity index (χ4v) is 2.23. The Hall–Kier alpha value is -2.40. The van der Waals surface area contributed by atoms with Gasteiger partial charge >= 0.3 is 0 Å². The number of anilines is 1. The van der Waals surface area contributed by atoms with Gasteiger partial charge in [0.25, 0.3) is 5.91 Å². The van der Waals surface area contributed by atoms with Crippen LogP contribution in [0.1, 0.15) is 15.9 Å². The second-order valence-electron chi connectivity index (χ2n) is 5.84. The van der Waals surface area contributed by atoms with E-state index in [2.05, 4.69) is 15.2 Å². The Morgan fingerprint density at radius 2 is 1.87 bits per heavy atom. The van der Waals surface area contributed by atoms with Crippen molar-refractivity contribution in [1.82, 2.24) is 14.8 Å². The maximum absolute atomic E-state index is 12.5. The van der Waals surface area contributed by atoms with E-state index in [0.29, 0.717) is 12.1 Å².